The highest BCUT2D eigenvalue weighted by atomic mass is 16.5. The molecule has 0 bridgehead atoms. The van der Waals surface area contributed by atoms with Crippen LogP contribution in [0.2, 0.25) is 0 Å². The maximum absolute atomic E-state index is 10.8. The number of carbonyl (C=O) groups is 1. The van der Waals surface area contributed by atoms with Crippen LogP contribution >= 0.6 is 0 Å². The molecule has 2 aromatic carbocycles. The Balaban J connectivity index is 2.00. The molecule has 0 amide bonds. The predicted molar refractivity (Wildman–Crippen MR) is 82.5 cm³/mol. The van der Waals surface area contributed by atoms with E-state index >= 15 is 0 Å². The van der Waals surface area contributed by atoms with Crippen LogP contribution in [-0.4, -0.2) is 17.7 Å². The predicted octanol–water partition coefficient (Wildman–Crippen LogP) is 3.53. The molecule has 4 heteroatoms. The lowest BCUT2D eigenvalue weighted by Crippen LogP contribution is -2.04. The van der Waals surface area contributed by atoms with Gasteiger partial charge >= 0.3 is 5.97 Å². The van der Waals surface area contributed by atoms with Gasteiger partial charge in [0.15, 0.2) is 0 Å². The van der Waals surface area contributed by atoms with Crippen LogP contribution in [0.15, 0.2) is 48.5 Å². The lowest BCUT2D eigenvalue weighted by Gasteiger charge is -2.12. The molecule has 0 saturated carbocycles. The van der Waals surface area contributed by atoms with E-state index in [1.165, 1.54) is 0 Å². The van der Waals surface area contributed by atoms with Gasteiger partial charge in [-0.15, -0.1) is 0 Å². The molecule has 0 aliphatic rings. The molecule has 0 unspecified atom stereocenters. The van der Waals surface area contributed by atoms with Crippen LogP contribution < -0.4 is 5.32 Å². The average molecular weight is 285 g/mol. The maximum Gasteiger partial charge on any atom is 0.335 e. The Morgan fingerprint density at radius 3 is 2.52 bits per heavy atom. The summed E-state index contributed by atoms with van der Waals surface area (Å²) in [6.07, 6.45) is 0. The minimum atomic E-state index is -0.906. The zero-order valence-corrected chi connectivity index (χ0v) is 12.0. The van der Waals surface area contributed by atoms with E-state index in [0.29, 0.717) is 25.3 Å². The van der Waals surface area contributed by atoms with Crippen LogP contribution in [0.1, 0.15) is 28.4 Å². The fourth-order valence-corrected chi connectivity index (χ4v) is 1.99. The van der Waals surface area contributed by atoms with E-state index in [1.807, 2.05) is 43.3 Å². The summed E-state index contributed by atoms with van der Waals surface area (Å²) in [5.41, 5.74) is 3.48. The number of carboxylic acid groups (broad SMARTS) is 1. The van der Waals surface area contributed by atoms with Crippen molar-refractivity contribution in [2.45, 2.75) is 20.1 Å². The first-order valence-electron chi connectivity index (χ1n) is 6.92. The van der Waals surface area contributed by atoms with Crippen LogP contribution in [0, 0.1) is 0 Å². The van der Waals surface area contributed by atoms with Gasteiger partial charge in [0.2, 0.25) is 0 Å². The number of hydrogen-bond donors (Lipinski definition) is 2. The van der Waals surface area contributed by atoms with Gasteiger partial charge in [0.1, 0.15) is 0 Å². The van der Waals surface area contributed by atoms with Crippen LogP contribution in [-0.2, 0) is 17.9 Å². The third-order valence-electron chi connectivity index (χ3n) is 3.16. The molecule has 4 nitrogen and oxygen atoms in total. The Morgan fingerprint density at radius 2 is 1.86 bits per heavy atom. The zero-order chi connectivity index (χ0) is 15.1. The van der Waals surface area contributed by atoms with Crippen LogP contribution in [0.4, 0.5) is 5.69 Å². The fraction of sp³-hybridized carbons (Fsp3) is 0.235. The number of hydrogen-bond acceptors (Lipinski definition) is 3. The Morgan fingerprint density at radius 1 is 1.14 bits per heavy atom. The highest BCUT2D eigenvalue weighted by Crippen LogP contribution is 2.17. The Hall–Kier alpha value is -2.33. The molecule has 0 radical (unpaired) electrons. The van der Waals surface area contributed by atoms with Gasteiger partial charge in [0.05, 0.1) is 12.2 Å². The number of aromatic carboxylic acids is 1. The number of ether oxygens (including phenoxy) is 1. The van der Waals surface area contributed by atoms with Crippen molar-refractivity contribution in [2.24, 2.45) is 0 Å². The van der Waals surface area contributed by atoms with Gasteiger partial charge in [-0.1, -0.05) is 30.3 Å². The SMILES string of the molecule is CCOCc1ccccc1NCc1ccc(C(=O)O)cc1. The number of nitrogens with one attached hydrogen (secondary N) is 1. The molecule has 0 heterocycles. The summed E-state index contributed by atoms with van der Waals surface area (Å²) < 4.78 is 5.45. The number of benzene rings is 2. The molecule has 2 rings (SSSR count). The Bertz CT molecular complexity index is 593. The maximum atomic E-state index is 10.8. The van der Waals surface area contributed by atoms with Crippen molar-refractivity contribution in [1.29, 1.82) is 0 Å². The van der Waals surface area contributed by atoms with Gasteiger partial charge < -0.3 is 15.2 Å². The van der Waals surface area contributed by atoms with E-state index in [1.54, 1.807) is 12.1 Å². The molecule has 21 heavy (non-hydrogen) atoms. The number of carboxylic acids is 1. The first-order valence-corrected chi connectivity index (χ1v) is 6.92. The Labute approximate surface area is 124 Å². The second kappa shape index (κ2) is 7.45. The lowest BCUT2D eigenvalue weighted by molar-refractivity contribution is 0.0697. The molecule has 2 aromatic rings. The fourth-order valence-electron chi connectivity index (χ4n) is 1.99. The van der Waals surface area contributed by atoms with Gasteiger partial charge in [0.25, 0.3) is 0 Å². The van der Waals surface area contributed by atoms with E-state index in [-0.39, 0.29) is 0 Å². The van der Waals surface area contributed by atoms with Crippen molar-refractivity contribution in [1.82, 2.24) is 0 Å². The molecule has 0 saturated heterocycles. The van der Waals surface area contributed by atoms with Crippen molar-refractivity contribution in [3.05, 3.63) is 65.2 Å². The van der Waals surface area contributed by atoms with Gasteiger partial charge in [-0.3, -0.25) is 0 Å². The molecule has 0 aliphatic heterocycles. The smallest absolute Gasteiger partial charge is 0.335 e. The summed E-state index contributed by atoms with van der Waals surface area (Å²) in [5.74, 6) is -0.906. The first kappa shape index (κ1) is 15.1. The monoisotopic (exact) mass is 285 g/mol. The zero-order valence-electron chi connectivity index (χ0n) is 12.0. The van der Waals surface area contributed by atoms with Crippen LogP contribution in [0.3, 0.4) is 0 Å². The van der Waals surface area contributed by atoms with Crippen molar-refractivity contribution in [2.75, 3.05) is 11.9 Å². The number of para-hydroxylation sites is 1. The molecule has 0 fully saturated rings. The molecule has 0 atom stereocenters. The van der Waals surface area contributed by atoms with Gasteiger partial charge in [0, 0.05) is 24.4 Å². The summed E-state index contributed by atoms with van der Waals surface area (Å²) in [6.45, 7) is 3.88. The normalized spacial score (nSPS) is 10.3. The second-order valence-corrected chi connectivity index (χ2v) is 4.65. The number of anilines is 1. The van der Waals surface area contributed by atoms with E-state index in [2.05, 4.69) is 5.32 Å². The highest BCUT2D eigenvalue weighted by Gasteiger charge is 2.03. The number of rotatable bonds is 7. The lowest BCUT2D eigenvalue weighted by atomic mass is 10.1. The summed E-state index contributed by atoms with van der Waals surface area (Å²) >= 11 is 0. The average Bonchev–Trinajstić information content (AvgIpc) is 2.52. The van der Waals surface area contributed by atoms with Crippen LogP contribution in [0.5, 0.6) is 0 Å². The molecule has 0 spiro atoms. The quantitative estimate of drug-likeness (QED) is 0.817. The minimum Gasteiger partial charge on any atom is -0.478 e. The molecule has 110 valence electrons. The first-order chi connectivity index (χ1) is 10.2. The van der Waals surface area contributed by atoms with Crippen molar-refractivity contribution in [3.63, 3.8) is 0 Å². The van der Waals surface area contributed by atoms with Crippen molar-refractivity contribution >= 4 is 11.7 Å². The minimum absolute atomic E-state index is 0.301. The summed E-state index contributed by atoms with van der Waals surface area (Å²) in [5, 5.41) is 12.2. The molecule has 2 N–H and O–H groups in total. The van der Waals surface area contributed by atoms with Crippen LogP contribution in [0.25, 0.3) is 0 Å². The third kappa shape index (κ3) is 4.33. The third-order valence-corrected chi connectivity index (χ3v) is 3.16. The van der Waals surface area contributed by atoms with Crippen molar-refractivity contribution in [3.8, 4) is 0 Å². The standard InChI is InChI=1S/C17H19NO3/c1-2-21-12-15-5-3-4-6-16(15)18-11-13-7-9-14(10-8-13)17(19)20/h3-10,18H,2,11-12H2,1H3,(H,19,20). The van der Waals surface area contributed by atoms with E-state index in [0.717, 1.165) is 16.8 Å². The second-order valence-electron chi connectivity index (χ2n) is 4.65. The molecule has 0 aromatic heterocycles. The van der Waals surface area contributed by atoms with E-state index in [9.17, 15) is 4.79 Å². The molecular weight excluding hydrogens is 266 g/mol. The largest absolute Gasteiger partial charge is 0.478 e. The van der Waals surface area contributed by atoms with Crippen molar-refractivity contribution < 1.29 is 14.6 Å². The molecule has 0 aliphatic carbocycles. The Kier molecular flexibility index (Phi) is 5.35. The highest BCUT2D eigenvalue weighted by molar-refractivity contribution is 5.87. The summed E-state index contributed by atoms with van der Waals surface area (Å²) in [7, 11) is 0. The van der Waals surface area contributed by atoms with E-state index < -0.39 is 5.97 Å². The molecular formula is C17H19NO3. The summed E-state index contributed by atoms with van der Waals surface area (Å²) in [4.78, 5) is 10.8. The van der Waals surface area contributed by atoms with Gasteiger partial charge in [-0.25, -0.2) is 4.79 Å². The topological polar surface area (TPSA) is 58.6 Å². The summed E-state index contributed by atoms with van der Waals surface area (Å²) in [6, 6.07) is 14.9. The van der Waals surface area contributed by atoms with Gasteiger partial charge in [-0.2, -0.15) is 0 Å². The van der Waals surface area contributed by atoms with Gasteiger partial charge in [-0.05, 0) is 30.7 Å². The van der Waals surface area contributed by atoms with E-state index in [4.69, 9.17) is 9.84 Å².